The van der Waals surface area contributed by atoms with E-state index >= 15 is 0 Å². The molecule has 3 N–H and O–H groups in total. The number of carbonyl (C=O) groups is 1. The lowest BCUT2D eigenvalue weighted by Crippen LogP contribution is -2.38. The highest BCUT2D eigenvalue weighted by Gasteiger charge is 2.38. The summed E-state index contributed by atoms with van der Waals surface area (Å²) in [5.74, 6) is 0.372. The molecule has 13 heteroatoms. The monoisotopic (exact) mass is 675 g/mol. The summed E-state index contributed by atoms with van der Waals surface area (Å²) in [6.45, 7) is 2.37. The summed E-state index contributed by atoms with van der Waals surface area (Å²) >= 11 is 1.47. The number of aliphatic hydroxyl groups excluding tert-OH is 1. The molecule has 0 spiro atoms. The van der Waals surface area contributed by atoms with Crippen LogP contribution in [0.3, 0.4) is 0 Å². The molecule has 1 fully saturated rings. The highest BCUT2D eigenvalue weighted by molar-refractivity contribution is 7.99. The van der Waals surface area contributed by atoms with Crippen LogP contribution >= 0.6 is 11.8 Å². The van der Waals surface area contributed by atoms with Gasteiger partial charge in [0.15, 0.2) is 6.29 Å². The SMILES string of the molecule is C[C@@H]1[C@H](CSc2nnnn2-c2ccc(O)cc2)O[C@H](c2ccc(CNC(=O)c3cnc4ccccc4n3)cc2)O[C@@H]1c1ccc(CO)cc1. The number of rotatable bonds is 10. The number of fused-ring (bicyclic) bond motifs is 1. The van der Waals surface area contributed by atoms with Gasteiger partial charge in [0.05, 0.1) is 41.7 Å². The molecule has 12 nitrogen and oxygen atoms in total. The average Bonchev–Trinajstić information content (AvgIpc) is 3.62. The quantitative estimate of drug-likeness (QED) is 0.162. The topological polar surface area (TPSA) is 157 Å². The van der Waals surface area contributed by atoms with E-state index in [0.29, 0.717) is 23.0 Å². The molecule has 248 valence electrons. The molecule has 1 saturated heterocycles. The molecular formula is C36H33N7O5S. The Kier molecular flexibility index (Phi) is 9.57. The number of phenolic OH excluding ortho intramolecular Hbond substituents is 1. The lowest BCUT2D eigenvalue weighted by molar-refractivity contribution is -0.268. The number of benzene rings is 4. The number of aliphatic hydroxyl groups is 1. The summed E-state index contributed by atoms with van der Waals surface area (Å²) in [7, 11) is 0. The largest absolute Gasteiger partial charge is 0.508 e. The summed E-state index contributed by atoms with van der Waals surface area (Å²) in [4.78, 5) is 21.6. The van der Waals surface area contributed by atoms with Crippen molar-refractivity contribution in [1.82, 2.24) is 35.5 Å². The molecule has 0 saturated carbocycles. The second-order valence-corrected chi connectivity index (χ2v) is 12.7. The second-order valence-electron chi connectivity index (χ2n) is 11.7. The molecule has 7 rings (SSSR count). The molecule has 0 aliphatic carbocycles. The van der Waals surface area contributed by atoms with Crippen molar-refractivity contribution in [3.63, 3.8) is 0 Å². The molecule has 1 aliphatic heterocycles. The molecule has 49 heavy (non-hydrogen) atoms. The molecule has 3 heterocycles. The maximum Gasteiger partial charge on any atom is 0.271 e. The van der Waals surface area contributed by atoms with Crippen molar-refractivity contribution in [2.24, 2.45) is 5.92 Å². The Hall–Kier alpha value is -5.21. The Morgan fingerprint density at radius 1 is 0.898 bits per heavy atom. The summed E-state index contributed by atoms with van der Waals surface area (Å²) in [5, 5.41) is 35.0. The van der Waals surface area contributed by atoms with Crippen LogP contribution in [0.5, 0.6) is 5.75 Å². The van der Waals surface area contributed by atoms with E-state index in [1.807, 2.05) is 72.8 Å². The van der Waals surface area contributed by atoms with E-state index < -0.39 is 6.29 Å². The maximum atomic E-state index is 12.8. The van der Waals surface area contributed by atoms with Gasteiger partial charge in [0.25, 0.3) is 5.91 Å². The van der Waals surface area contributed by atoms with E-state index in [9.17, 15) is 15.0 Å². The lowest BCUT2D eigenvalue weighted by Gasteiger charge is -2.41. The number of amides is 1. The van der Waals surface area contributed by atoms with Crippen molar-refractivity contribution in [3.8, 4) is 11.4 Å². The number of ether oxygens (including phenoxy) is 2. The van der Waals surface area contributed by atoms with E-state index in [0.717, 1.165) is 33.5 Å². The fourth-order valence-corrected chi connectivity index (χ4v) is 6.68. The number of hydrogen-bond donors (Lipinski definition) is 3. The molecule has 6 aromatic rings. The molecule has 0 bridgehead atoms. The van der Waals surface area contributed by atoms with E-state index in [1.165, 1.54) is 18.0 Å². The summed E-state index contributed by atoms with van der Waals surface area (Å²) in [6, 6.07) is 29.6. The number of nitrogens with zero attached hydrogens (tertiary/aromatic N) is 6. The third kappa shape index (κ3) is 7.29. The number of thioether (sulfide) groups is 1. The van der Waals surface area contributed by atoms with Gasteiger partial charge in [-0.05, 0) is 63.5 Å². The van der Waals surface area contributed by atoms with Crippen LogP contribution in [0.4, 0.5) is 0 Å². The van der Waals surface area contributed by atoms with Crippen molar-refractivity contribution in [1.29, 1.82) is 0 Å². The van der Waals surface area contributed by atoms with Crippen LogP contribution in [0.1, 0.15) is 52.1 Å². The molecule has 1 amide bonds. The first-order chi connectivity index (χ1) is 23.9. The van der Waals surface area contributed by atoms with Crippen molar-refractivity contribution < 1.29 is 24.5 Å². The van der Waals surface area contributed by atoms with E-state index in [1.54, 1.807) is 28.9 Å². The van der Waals surface area contributed by atoms with Gasteiger partial charge in [0, 0.05) is 23.8 Å². The molecule has 2 aromatic heterocycles. The zero-order chi connectivity index (χ0) is 33.7. The number of tetrazole rings is 1. The number of aromatic nitrogens is 6. The maximum absolute atomic E-state index is 12.8. The third-order valence-corrected chi connectivity index (χ3v) is 9.43. The first-order valence-corrected chi connectivity index (χ1v) is 16.7. The number of para-hydroxylation sites is 2. The van der Waals surface area contributed by atoms with Crippen LogP contribution in [0.25, 0.3) is 16.7 Å². The van der Waals surface area contributed by atoms with Gasteiger partial charge < -0.3 is 25.0 Å². The van der Waals surface area contributed by atoms with Gasteiger partial charge in [0.2, 0.25) is 5.16 Å². The highest BCUT2D eigenvalue weighted by atomic mass is 32.2. The van der Waals surface area contributed by atoms with E-state index in [-0.39, 0.29) is 42.1 Å². The zero-order valence-corrected chi connectivity index (χ0v) is 27.3. The van der Waals surface area contributed by atoms with Crippen LogP contribution in [-0.4, -0.2) is 58.2 Å². The zero-order valence-electron chi connectivity index (χ0n) is 26.5. The van der Waals surface area contributed by atoms with Crippen LogP contribution in [0.15, 0.2) is 108 Å². The van der Waals surface area contributed by atoms with Gasteiger partial charge in [-0.1, -0.05) is 79.3 Å². The Balaban J connectivity index is 1.06. The normalized spacial score (nSPS) is 19.1. The third-order valence-electron chi connectivity index (χ3n) is 8.42. The Morgan fingerprint density at radius 2 is 1.61 bits per heavy atom. The summed E-state index contributed by atoms with van der Waals surface area (Å²) in [6.07, 6.45) is 0.301. The van der Waals surface area contributed by atoms with E-state index in [4.69, 9.17) is 9.47 Å². The van der Waals surface area contributed by atoms with Crippen molar-refractivity contribution in [2.75, 3.05) is 5.75 Å². The minimum Gasteiger partial charge on any atom is -0.508 e. The number of hydrogen-bond acceptors (Lipinski definition) is 11. The van der Waals surface area contributed by atoms with Gasteiger partial charge >= 0.3 is 0 Å². The number of carbonyl (C=O) groups excluding carboxylic acids is 1. The van der Waals surface area contributed by atoms with Gasteiger partial charge in [-0.25, -0.2) is 4.98 Å². The van der Waals surface area contributed by atoms with Crippen LogP contribution in [-0.2, 0) is 22.6 Å². The molecule has 1 aliphatic rings. The molecule has 0 radical (unpaired) electrons. The standard InChI is InChI=1S/C36H33N7O5S/c1-22-32(21-49-36-40-41-42-43(36)27-14-16-28(45)17-15-27)47-35(48-33(22)25-10-8-24(20-44)9-11-25)26-12-6-23(7-13-26)18-38-34(46)31-19-37-29-4-2-3-5-30(29)39-31/h2-17,19,22,32-33,35,44-45H,18,20-21H2,1H3,(H,38,46)/t22-,32+,33+,35+/m1/s1. The van der Waals surface area contributed by atoms with Gasteiger partial charge in [-0.3, -0.25) is 9.78 Å². The fraction of sp³-hybridized carbons (Fsp3) is 0.222. The minimum atomic E-state index is -0.658. The number of aromatic hydroxyl groups is 1. The van der Waals surface area contributed by atoms with Gasteiger partial charge in [0.1, 0.15) is 11.4 Å². The minimum absolute atomic E-state index is 0.0329. The van der Waals surface area contributed by atoms with Crippen molar-refractivity contribution in [2.45, 2.75) is 43.7 Å². The Morgan fingerprint density at radius 3 is 2.37 bits per heavy atom. The first-order valence-electron chi connectivity index (χ1n) is 15.7. The average molecular weight is 676 g/mol. The number of nitrogens with one attached hydrogen (secondary N) is 1. The second kappa shape index (κ2) is 14.5. The molecular weight excluding hydrogens is 643 g/mol. The Bertz CT molecular complexity index is 2040. The summed E-state index contributed by atoms with van der Waals surface area (Å²) < 4.78 is 14.8. The highest BCUT2D eigenvalue weighted by Crippen LogP contribution is 2.43. The van der Waals surface area contributed by atoms with E-state index in [2.05, 4.69) is 37.7 Å². The van der Waals surface area contributed by atoms with Crippen LogP contribution in [0.2, 0.25) is 0 Å². The number of phenols is 1. The van der Waals surface area contributed by atoms with Gasteiger partial charge in [-0.15, -0.1) is 5.10 Å². The smallest absolute Gasteiger partial charge is 0.271 e. The predicted octanol–water partition coefficient (Wildman–Crippen LogP) is 5.32. The first kappa shape index (κ1) is 32.3. The molecule has 4 aromatic carbocycles. The van der Waals surface area contributed by atoms with Crippen LogP contribution < -0.4 is 5.32 Å². The Labute approximate surface area is 286 Å². The van der Waals surface area contributed by atoms with Crippen LogP contribution in [0, 0.1) is 5.92 Å². The predicted molar refractivity (Wildman–Crippen MR) is 182 cm³/mol. The molecule has 4 atom stereocenters. The van der Waals surface area contributed by atoms with Gasteiger partial charge in [-0.2, -0.15) is 4.68 Å². The fourth-order valence-electron chi connectivity index (χ4n) is 5.62. The summed E-state index contributed by atoms with van der Waals surface area (Å²) in [5.41, 5.74) is 5.93. The molecule has 0 unspecified atom stereocenters. The lowest BCUT2D eigenvalue weighted by atomic mass is 9.91. The van der Waals surface area contributed by atoms with Crippen molar-refractivity contribution >= 4 is 28.7 Å². The van der Waals surface area contributed by atoms with Crippen molar-refractivity contribution in [3.05, 3.63) is 131 Å².